The molecule has 0 saturated heterocycles. The quantitative estimate of drug-likeness (QED) is 0.558. The molecule has 2 atom stereocenters. The standard InChI is InChI=1S/C25H32O5S/c1-6-18-10-11-20(14-19(18)7-2)25(5,23(28)29)15-17-8-12-21(13-9-17)31(30)16-24(3,4)22(26)27/h8-14H,6-7,15-16H2,1-5H3,(H,26,27)(H,28,29). The molecule has 0 fully saturated rings. The lowest BCUT2D eigenvalue weighted by atomic mass is 9.76. The lowest BCUT2D eigenvalue weighted by Crippen LogP contribution is -2.35. The molecule has 6 heteroatoms. The van der Waals surface area contributed by atoms with Gasteiger partial charge >= 0.3 is 11.9 Å². The topological polar surface area (TPSA) is 91.7 Å². The highest BCUT2D eigenvalue weighted by atomic mass is 32.2. The summed E-state index contributed by atoms with van der Waals surface area (Å²) in [5.41, 5.74) is 1.80. The highest BCUT2D eigenvalue weighted by molar-refractivity contribution is 7.85. The van der Waals surface area contributed by atoms with Crippen LogP contribution in [0, 0.1) is 5.41 Å². The third-order valence-electron chi connectivity index (χ3n) is 5.89. The van der Waals surface area contributed by atoms with E-state index >= 15 is 0 Å². The van der Waals surface area contributed by atoms with Crippen LogP contribution in [0.25, 0.3) is 0 Å². The smallest absolute Gasteiger partial charge is 0.314 e. The zero-order chi connectivity index (χ0) is 23.4. The molecule has 31 heavy (non-hydrogen) atoms. The lowest BCUT2D eigenvalue weighted by Gasteiger charge is -2.27. The van der Waals surface area contributed by atoms with Crippen LogP contribution >= 0.6 is 0 Å². The minimum atomic E-state index is -1.45. The molecule has 0 aromatic heterocycles. The van der Waals surface area contributed by atoms with Gasteiger partial charge in [-0.1, -0.05) is 44.2 Å². The SMILES string of the molecule is CCc1ccc(C(C)(Cc2ccc(S(=O)CC(C)(C)C(=O)O)cc2)C(=O)O)cc1CC. The molecule has 0 amide bonds. The molecular formula is C25H32O5S. The molecule has 2 aromatic carbocycles. The molecular weight excluding hydrogens is 412 g/mol. The zero-order valence-electron chi connectivity index (χ0n) is 18.9. The van der Waals surface area contributed by atoms with Crippen LogP contribution in [0.3, 0.4) is 0 Å². The second kappa shape index (κ2) is 9.77. The van der Waals surface area contributed by atoms with Crippen molar-refractivity contribution in [3.05, 3.63) is 64.7 Å². The molecule has 0 aliphatic heterocycles. The van der Waals surface area contributed by atoms with E-state index in [0.717, 1.165) is 24.0 Å². The fraction of sp³-hybridized carbons (Fsp3) is 0.440. The van der Waals surface area contributed by atoms with Crippen LogP contribution in [0.5, 0.6) is 0 Å². The van der Waals surface area contributed by atoms with Gasteiger partial charge in [-0.25, -0.2) is 0 Å². The van der Waals surface area contributed by atoms with Crippen molar-refractivity contribution in [1.82, 2.24) is 0 Å². The Bertz CT molecular complexity index is 978. The maximum atomic E-state index is 12.6. The highest BCUT2D eigenvalue weighted by Crippen LogP contribution is 2.31. The van der Waals surface area contributed by atoms with Gasteiger partial charge in [0.2, 0.25) is 0 Å². The predicted octanol–water partition coefficient (Wildman–Crippen LogP) is 4.61. The fourth-order valence-electron chi connectivity index (χ4n) is 3.58. The fourth-order valence-corrected chi connectivity index (χ4v) is 4.97. The van der Waals surface area contributed by atoms with Gasteiger partial charge in [0.1, 0.15) is 0 Å². The molecule has 0 radical (unpaired) electrons. The average molecular weight is 445 g/mol. The summed E-state index contributed by atoms with van der Waals surface area (Å²) in [7, 11) is -1.45. The van der Waals surface area contributed by atoms with Crippen molar-refractivity contribution < 1.29 is 24.0 Å². The summed E-state index contributed by atoms with van der Waals surface area (Å²) in [4.78, 5) is 24.1. The minimum Gasteiger partial charge on any atom is -0.481 e. The minimum absolute atomic E-state index is 0.0120. The number of aliphatic carboxylic acids is 2. The van der Waals surface area contributed by atoms with E-state index in [4.69, 9.17) is 0 Å². The Balaban J connectivity index is 2.29. The van der Waals surface area contributed by atoms with E-state index < -0.39 is 33.6 Å². The van der Waals surface area contributed by atoms with Crippen molar-refractivity contribution in [2.24, 2.45) is 5.41 Å². The maximum absolute atomic E-state index is 12.6. The number of benzene rings is 2. The number of hydrogen-bond donors (Lipinski definition) is 2. The second-order valence-corrected chi connectivity index (χ2v) is 10.3. The average Bonchev–Trinajstić information content (AvgIpc) is 2.72. The first-order chi connectivity index (χ1) is 14.4. The number of rotatable bonds is 10. The van der Waals surface area contributed by atoms with Gasteiger partial charge in [0.15, 0.2) is 0 Å². The van der Waals surface area contributed by atoms with Gasteiger partial charge in [0, 0.05) is 10.6 Å². The van der Waals surface area contributed by atoms with Crippen LogP contribution in [0.2, 0.25) is 0 Å². The third-order valence-corrected chi connectivity index (χ3v) is 7.67. The Morgan fingerprint density at radius 1 is 0.871 bits per heavy atom. The van der Waals surface area contributed by atoms with Gasteiger partial charge in [0.05, 0.1) is 21.6 Å². The van der Waals surface area contributed by atoms with E-state index in [0.29, 0.717) is 11.3 Å². The van der Waals surface area contributed by atoms with E-state index in [-0.39, 0.29) is 5.75 Å². The monoisotopic (exact) mass is 444 g/mol. The molecule has 2 rings (SSSR count). The first-order valence-electron chi connectivity index (χ1n) is 10.5. The third kappa shape index (κ3) is 5.62. The number of aryl methyl sites for hydroxylation is 2. The first kappa shape index (κ1) is 24.8. The molecule has 2 N–H and O–H groups in total. The van der Waals surface area contributed by atoms with Crippen LogP contribution in [0.1, 0.15) is 56.9 Å². The maximum Gasteiger partial charge on any atom is 0.314 e. The number of carbonyl (C=O) groups is 2. The van der Waals surface area contributed by atoms with E-state index in [1.807, 2.05) is 18.2 Å². The van der Waals surface area contributed by atoms with Crippen molar-refractivity contribution in [3.63, 3.8) is 0 Å². The van der Waals surface area contributed by atoms with Crippen LogP contribution in [0.4, 0.5) is 0 Å². The first-order valence-corrected chi connectivity index (χ1v) is 11.8. The van der Waals surface area contributed by atoms with Crippen LogP contribution in [-0.4, -0.2) is 32.1 Å². The summed E-state index contributed by atoms with van der Waals surface area (Å²) in [6.45, 7) is 8.99. The zero-order valence-corrected chi connectivity index (χ0v) is 19.7. The molecule has 2 aromatic rings. The summed E-state index contributed by atoms with van der Waals surface area (Å²) in [6.07, 6.45) is 2.05. The van der Waals surface area contributed by atoms with Gasteiger partial charge in [-0.2, -0.15) is 0 Å². The van der Waals surface area contributed by atoms with Gasteiger partial charge in [-0.3, -0.25) is 13.8 Å². The van der Waals surface area contributed by atoms with Crippen molar-refractivity contribution in [1.29, 1.82) is 0 Å². The summed E-state index contributed by atoms with van der Waals surface area (Å²) in [6, 6.07) is 12.9. The number of hydrogen-bond acceptors (Lipinski definition) is 3. The van der Waals surface area contributed by atoms with Crippen molar-refractivity contribution in [2.75, 3.05) is 5.75 Å². The van der Waals surface area contributed by atoms with Crippen molar-refractivity contribution >= 4 is 22.7 Å². The normalized spacial score (nSPS) is 14.6. The van der Waals surface area contributed by atoms with E-state index in [2.05, 4.69) is 13.8 Å². The van der Waals surface area contributed by atoms with Crippen molar-refractivity contribution in [3.8, 4) is 0 Å². The van der Waals surface area contributed by atoms with Gasteiger partial charge in [-0.15, -0.1) is 0 Å². The molecule has 5 nitrogen and oxygen atoms in total. The van der Waals surface area contributed by atoms with Crippen LogP contribution in [0.15, 0.2) is 47.4 Å². The highest BCUT2D eigenvalue weighted by Gasteiger charge is 2.36. The van der Waals surface area contributed by atoms with E-state index in [1.54, 1.807) is 45.0 Å². The number of carboxylic acid groups (broad SMARTS) is 2. The molecule has 0 aliphatic carbocycles. The Labute approximate surface area is 187 Å². The lowest BCUT2D eigenvalue weighted by molar-refractivity contribution is -0.145. The summed E-state index contributed by atoms with van der Waals surface area (Å²) >= 11 is 0. The Morgan fingerprint density at radius 3 is 1.94 bits per heavy atom. The summed E-state index contributed by atoms with van der Waals surface area (Å²) in [5.74, 6) is -1.87. The van der Waals surface area contributed by atoms with Gasteiger partial charge in [-0.05, 0) is 74.4 Å². The molecule has 0 bridgehead atoms. The second-order valence-electron chi connectivity index (χ2n) is 8.83. The summed E-state index contributed by atoms with van der Waals surface area (Å²) in [5, 5.41) is 19.3. The Hall–Kier alpha value is -2.47. The van der Waals surface area contributed by atoms with E-state index in [9.17, 15) is 24.0 Å². The summed E-state index contributed by atoms with van der Waals surface area (Å²) < 4.78 is 12.6. The Morgan fingerprint density at radius 2 is 1.45 bits per heavy atom. The molecule has 0 spiro atoms. The largest absolute Gasteiger partial charge is 0.481 e. The Kier molecular flexibility index (Phi) is 7.82. The molecule has 0 heterocycles. The molecule has 0 saturated carbocycles. The van der Waals surface area contributed by atoms with Crippen molar-refractivity contribution in [2.45, 2.75) is 64.2 Å². The van der Waals surface area contributed by atoms with Crippen LogP contribution < -0.4 is 0 Å². The predicted molar refractivity (Wildman–Crippen MR) is 123 cm³/mol. The number of carboxylic acids is 2. The van der Waals surface area contributed by atoms with Crippen LogP contribution in [-0.2, 0) is 45.1 Å². The molecule has 2 unspecified atom stereocenters. The molecule has 168 valence electrons. The van der Waals surface area contributed by atoms with Gasteiger partial charge in [0.25, 0.3) is 0 Å². The van der Waals surface area contributed by atoms with Gasteiger partial charge < -0.3 is 10.2 Å². The van der Waals surface area contributed by atoms with E-state index in [1.165, 1.54) is 11.1 Å². The molecule has 0 aliphatic rings.